The first kappa shape index (κ1) is 13.8. The fraction of sp³-hybridized carbons (Fsp3) is 0.562. The summed E-state index contributed by atoms with van der Waals surface area (Å²) in [6.07, 6.45) is 7.50. The van der Waals surface area contributed by atoms with Gasteiger partial charge in [-0.25, -0.2) is 0 Å². The maximum atomic E-state index is 4.48. The predicted molar refractivity (Wildman–Crippen MR) is 83.9 cm³/mol. The monoisotopic (exact) mass is 289 g/mol. The van der Waals surface area contributed by atoms with Crippen LogP contribution in [0.4, 0.5) is 0 Å². The quantitative estimate of drug-likeness (QED) is 0.854. The molecular formula is C16H23N3S. The largest absolute Gasteiger partial charge is 0.291 e. The van der Waals surface area contributed by atoms with Gasteiger partial charge in [0.25, 0.3) is 0 Å². The molecule has 1 aliphatic heterocycles. The van der Waals surface area contributed by atoms with Gasteiger partial charge < -0.3 is 0 Å². The molecule has 0 bridgehead atoms. The van der Waals surface area contributed by atoms with E-state index in [2.05, 4.69) is 40.6 Å². The minimum Gasteiger partial charge on any atom is -0.291 e. The Bertz CT molecular complexity index is 544. The van der Waals surface area contributed by atoms with E-state index in [1.54, 1.807) is 0 Å². The zero-order chi connectivity index (χ0) is 13.9. The van der Waals surface area contributed by atoms with E-state index in [9.17, 15) is 0 Å². The van der Waals surface area contributed by atoms with Crippen molar-refractivity contribution in [3.8, 4) is 0 Å². The summed E-state index contributed by atoms with van der Waals surface area (Å²) in [6.45, 7) is 4.35. The minimum atomic E-state index is 0.595. The molecule has 1 saturated heterocycles. The molecule has 1 fully saturated rings. The standard InChI is InChI=1S/C16H23N3S/c1-13-14(11-18(2)17-13)12-19-9-5-3-4-7-15(19)16-8-6-10-20-16/h6,8,10-11,15H,3-5,7,9,12H2,1-2H3. The number of hydrogen-bond acceptors (Lipinski definition) is 3. The summed E-state index contributed by atoms with van der Waals surface area (Å²) < 4.78 is 1.93. The molecule has 2 aromatic rings. The van der Waals surface area contributed by atoms with E-state index in [1.165, 1.54) is 48.4 Å². The van der Waals surface area contributed by atoms with Gasteiger partial charge in [-0.1, -0.05) is 18.9 Å². The van der Waals surface area contributed by atoms with Crippen LogP contribution >= 0.6 is 11.3 Å². The summed E-state index contributed by atoms with van der Waals surface area (Å²) in [5, 5.41) is 6.68. The Labute approximate surface area is 125 Å². The van der Waals surface area contributed by atoms with E-state index in [4.69, 9.17) is 0 Å². The highest BCUT2D eigenvalue weighted by Crippen LogP contribution is 2.33. The molecule has 0 aromatic carbocycles. The summed E-state index contributed by atoms with van der Waals surface area (Å²) in [7, 11) is 2.01. The van der Waals surface area contributed by atoms with Crippen LogP contribution in [0, 0.1) is 6.92 Å². The Hall–Kier alpha value is -1.13. The lowest BCUT2D eigenvalue weighted by molar-refractivity contribution is 0.195. The molecule has 3 nitrogen and oxygen atoms in total. The molecule has 4 heteroatoms. The average Bonchev–Trinajstić information content (AvgIpc) is 2.97. The van der Waals surface area contributed by atoms with Gasteiger partial charge in [0.15, 0.2) is 0 Å². The fourth-order valence-corrected chi connectivity index (χ4v) is 4.08. The molecule has 1 unspecified atom stereocenters. The van der Waals surface area contributed by atoms with Crippen LogP contribution in [0.3, 0.4) is 0 Å². The van der Waals surface area contributed by atoms with Crippen molar-refractivity contribution in [2.45, 2.75) is 45.2 Å². The van der Waals surface area contributed by atoms with Crippen molar-refractivity contribution < 1.29 is 0 Å². The highest BCUT2D eigenvalue weighted by atomic mass is 32.1. The number of thiophene rings is 1. The molecule has 3 rings (SSSR count). The van der Waals surface area contributed by atoms with Crippen molar-refractivity contribution >= 4 is 11.3 Å². The van der Waals surface area contributed by atoms with Crippen LogP contribution in [0.25, 0.3) is 0 Å². The average molecular weight is 289 g/mol. The number of likely N-dealkylation sites (tertiary alicyclic amines) is 1. The first-order chi connectivity index (χ1) is 9.74. The molecule has 0 N–H and O–H groups in total. The molecule has 0 aliphatic carbocycles. The summed E-state index contributed by atoms with van der Waals surface area (Å²) in [4.78, 5) is 4.18. The molecule has 3 heterocycles. The Kier molecular flexibility index (Phi) is 4.22. The van der Waals surface area contributed by atoms with E-state index >= 15 is 0 Å². The maximum absolute atomic E-state index is 4.48. The van der Waals surface area contributed by atoms with Gasteiger partial charge >= 0.3 is 0 Å². The van der Waals surface area contributed by atoms with Gasteiger partial charge in [0.1, 0.15) is 0 Å². The highest BCUT2D eigenvalue weighted by molar-refractivity contribution is 7.10. The summed E-state index contributed by atoms with van der Waals surface area (Å²) in [6, 6.07) is 5.07. The van der Waals surface area contributed by atoms with Gasteiger partial charge in [0.05, 0.1) is 5.69 Å². The van der Waals surface area contributed by atoms with E-state index < -0.39 is 0 Å². The maximum Gasteiger partial charge on any atom is 0.0638 e. The van der Waals surface area contributed by atoms with Crippen LogP contribution in [0.1, 0.15) is 47.9 Å². The topological polar surface area (TPSA) is 21.1 Å². The van der Waals surface area contributed by atoms with Crippen LogP contribution in [0.15, 0.2) is 23.7 Å². The zero-order valence-corrected chi connectivity index (χ0v) is 13.2. The third kappa shape index (κ3) is 2.96. The first-order valence-electron chi connectivity index (χ1n) is 7.50. The molecule has 20 heavy (non-hydrogen) atoms. The fourth-order valence-electron chi connectivity index (χ4n) is 3.18. The molecule has 1 aliphatic rings. The first-order valence-corrected chi connectivity index (χ1v) is 8.38. The van der Waals surface area contributed by atoms with Crippen molar-refractivity contribution in [3.05, 3.63) is 39.8 Å². The molecule has 2 aromatic heterocycles. The van der Waals surface area contributed by atoms with Crippen molar-refractivity contribution in [2.75, 3.05) is 6.54 Å². The van der Waals surface area contributed by atoms with Crippen LogP contribution in [-0.4, -0.2) is 21.2 Å². The Morgan fingerprint density at radius 1 is 1.35 bits per heavy atom. The van der Waals surface area contributed by atoms with Crippen molar-refractivity contribution in [1.82, 2.24) is 14.7 Å². The third-order valence-electron chi connectivity index (χ3n) is 4.22. The Balaban J connectivity index is 1.82. The smallest absolute Gasteiger partial charge is 0.0638 e. The molecular weight excluding hydrogens is 266 g/mol. The molecule has 0 saturated carbocycles. The van der Waals surface area contributed by atoms with Crippen molar-refractivity contribution in [1.29, 1.82) is 0 Å². The van der Waals surface area contributed by atoms with Gasteiger partial charge in [-0.05, 0) is 37.8 Å². The number of nitrogens with zero attached hydrogens (tertiary/aromatic N) is 3. The second-order valence-corrected chi connectivity index (χ2v) is 6.74. The molecule has 1 atom stereocenters. The van der Waals surface area contributed by atoms with Gasteiger partial charge in [-0.2, -0.15) is 5.10 Å². The van der Waals surface area contributed by atoms with Crippen molar-refractivity contribution in [3.63, 3.8) is 0 Å². The summed E-state index contributed by atoms with van der Waals surface area (Å²) in [5.41, 5.74) is 2.54. The van der Waals surface area contributed by atoms with Gasteiger partial charge in [0.2, 0.25) is 0 Å². The van der Waals surface area contributed by atoms with E-state index in [1.807, 2.05) is 23.1 Å². The second-order valence-electron chi connectivity index (χ2n) is 5.76. The summed E-state index contributed by atoms with van der Waals surface area (Å²) >= 11 is 1.90. The molecule has 0 amide bonds. The number of rotatable bonds is 3. The zero-order valence-electron chi connectivity index (χ0n) is 12.4. The normalized spacial score (nSPS) is 21.0. The number of hydrogen-bond donors (Lipinski definition) is 0. The molecule has 0 spiro atoms. The minimum absolute atomic E-state index is 0.595. The lowest BCUT2D eigenvalue weighted by Crippen LogP contribution is -2.27. The Morgan fingerprint density at radius 2 is 2.25 bits per heavy atom. The predicted octanol–water partition coefficient (Wildman–Crippen LogP) is 3.91. The van der Waals surface area contributed by atoms with E-state index in [0.717, 1.165) is 6.54 Å². The van der Waals surface area contributed by atoms with Gasteiger partial charge in [-0.3, -0.25) is 9.58 Å². The molecule has 0 radical (unpaired) electrons. The van der Waals surface area contributed by atoms with Gasteiger partial charge in [0, 0.05) is 36.3 Å². The van der Waals surface area contributed by atoms with Crippen LogP contribution < -0.4 is 0 Å². The van der Waals surface area contributed by atoms with E-state index in [-0.39, 0.29) is 0 Å². The van der Waals surface area contributed by atoms with Crippen LogP contribution in [0.2, 0.25) is 0 Å². The van der Waals surface area contributed by atoms with Gasteiger partial charge in [-0.15, -0.1) is 11.3 Å². The van der Waals surface area contributed by atoms with E-state index in [0.29, 0.717) is 6.04 Å². The lowest BCUT2D eigenvalue weighted by atomic mass is 10.1. The van der Waals surface area contributed by atoms with Crippen molar-refractivity contribution in [2.24, 2.45) is 7.05 Å². The number of aryl methyl sites for hydroxylation is 2. The number of aromatic nitrogens is 2. The lowest BCUT2D eigenvalue weighted by Gasteiger charge is -2.29. The van der Waals surface area contributed by atoms with Crippen LogP contribution in [0.5, 0.6) is 0 Å². The summed E-state index contributed by atoms with van der Waals surface area (Å²) in [5.74, 6) is 0. The molecule has 108 valence electrons. The SMILES string of the molecule is Cc1nn(C)cc1CN1CCCCCC1c1cccs1. The van der Waals surface area contributed by atoms with Crippen LogP contribution in [-0.2, 0) is 13.6 Å². The Morgan fingerprint density at radius 3 is 2.95 bits per heavy atom. The second kappa shape index (κ2) is 6.10. The highest BCUT2D eigenvalue weighted by Gasteiger charge is 2.24. The third-order valence-corrected chi connectivity index (χ3v) is 5.20.